The molecular formula is C21H21NO2. The van der Waals surface area contributed by atoms with Gasteiger partial charge in [0.05, 0.1) is 17.4 Å². The van der Waals surface area contributed by atoms with Crippen molar-refractivity contribution in [3.8, 4) is 0 Å². The van der Waals surface area contributed by atoms with E-state index in [0.717, 1.165) is 6.54 Å². The largest absolute Gasteiger partial charge is 0.380 e. The molecule has 2 bridgehead atoms. The second-order valence-corrected chi connectivity index (χ2v) is 7.29. The van der Waals surface area contributed by atoms with Crippen molar-refractivity contribution in [2.45, 2.75) is 24.4 Å². The van der Waals surface area contributed by atoms with Crippen molar-refractivity contribution in [3.63, 3.8) is 0 Å². The molecule has 1 N–H and O–H groups in total. The van der Waals surface area contributed by atoms with E-state index in [1.165, 1.54) is 22.3 Å². The Morgan fingerprint density at radius 3 is 2.25 bits per heavy atom. The van der Waals surface area contributed by atoms with Gasteiger partial charge in [-0.05, 0) is 29.2 Å². The summed E-state index contributed by atoms with van der Waals surface area (Å²) in [5, 5.41) is 3.14. The molecule has 24 heavy (non-hydrogen) atoms. The van der Waals surface area contributed by atoms with E-state index in [9.17, 15) is 4.79 Å². The molecular weight excluding hydrogens is 298 g/mol. The van der Waals surface area contributed by atoms with Crippen molar-refractivity contribution in [1.82, 2.24) is 5.32 Å². The molecule has 122 valence electrons. The van der Waals surface area contributed by atoms with Crippen LogP contribution in [0.25, 0.3) is 0 Å². The van der Waals surface area contributed by atoms with E-state index in [2.05, 4.69) is 60.8 Å². The number of benzene rings is 2. The predicted molar refractivity (Wildman–Crippen MR) is 92.0 cm³/mol. The number of nitrogens with one attached hydrogen (secondary N) is 1. The lowest BCUT2D eigenvalue weighted by molar-refractivity contribution is -0.128. The zero-order valence-corrected chi connectivity index (χ0v) is 14.0. The van der Waals surface area contributed by atoms with E-state index in [4.69, 9.17) is 4.74 Å². The molecule has 1 fully saturated rings. The van der Waals surface area contributed by atoms with Crippen molar-refractivity contribution in [1.29, 1.82) is 0 Å². The normalized spacial score (nSPS) is 33.4. The number of amides is 1. The smallest absolute Gasteiger partial charge is 0.224 e. The van der Waals surface area contributed by atoms with Crippen LogP contribution in [-0.4, -0.2) is 25.7 Å². The summed E-state index contributed by atoms with van der Waals surface area (Å²) in [5.41, 5.74) is 4.90. The highest BCUT2D eigenvalue weighted by Gasteiger charge is 2.65. The lowest BCUT2D eigenvalue weighted by atomic mass is 9.46. The predicted octanol–water partition coefficient (Wildman–Crippen LogP) is 2.83. The average Bonchev–Trinajstić information content (AvgIpc) is 3.03. The number of ether oxygens (including phenoxy) is 1. The molecule has 1 saturated heterocycles. The number of rotatable bonds is 2. The van der Waals surface area contributed by atoms with Crippen LogP contribution in [0.2, 0.25) is 0 Å². The van der Waals surface area contributed by atoms with Gasteiger partial charge in [-0.25, -0.2) is 0 Å². The van der Waals surface area contributed by atoms with Gasteiger partial charge < -0.3 is 10.1 Å². The standard InChI is InChI=1S/C21H21NO2/c1-12(24-2)21-16-9-5-3-7-13(16)18(14-8-4-6-10-17(14)21)15-11-22-20(23)19(15)21/h3-10,12,15,18-19H,11H2,1-2H3,(H,22,23)/t12-,15?,18?,19?,21?/m0/s1. The monoisotopic (exact) mass is 319 g/mol. The second kappa shape index (κ2) is 4.70. The number of carbonyl (C=O) groups is 1. The maximum Gasteiger partial charge on any atom is 0.224 e. The summed E-state index contributed by atoms with van der Waals surface area (Å²) in [6.45, 7) is 2.87. The summed E-state index contributed by atoms with van der Waals surface area (Å²) in [6.07, 6.45) is -0.0719. The van der Waals surface area contributed by atoms with E-state index in [1.807, 2.05) is 0 Å². The van der Waals surface area contributed by atoms with Gasteiger partial charge in [-0.3, -0.25) is 4.79 Å². The van der Waals surface area contributed by atoms with Crippen LogP contribution in [0.15, 0.2) is 48.5 Å². The highest BCUT2D eigenvalue weighted by Crippen LogP contribution is 2.64. The summed E-state index contributed by atoms with van der Waals surface area (Å²) in [6, 6.07) is 17.3. The number of hydrogen-bond donors (Lipinski definition) is 1. The lowest BCUT2D eigenvalue weighted by Crippen LogP contribution is -2.58. The highest BCUT2D eigenvalue weighted by atomic mass is 16.5. The number of carbonyl (C=O) groups excluding carboxylic acids is 1. The number of hydrogen-bond acceptors (Lipinski definition) is 2. The van der Waals surface area contributed by atoms with Crippen molar-refractivity contribution < 1.29 is 9.53 Å². The van der Waals surface area contributed by atoms with Crippen LogP contribution in [0.3, 0.4) is 0 Å². The Labute approximate surface area is 142 Å². The van der Waals surface area contributed by atoms with Gasteiger partial charge in [0.2, 0.25) is 5.91 Å². The maximum absolute atomic E-state index is 12.9. The van der Waals surface area contributed by atoms with Crippen LogP contribution in [0.1, 0.15) is 35.1 Å². The molecule has 6 rings (SSSR count). The quantitative estimate of drug-likeness (QED) is 0.924. The molecule has 0 saturated carbocycles. The van der Waals surface area contributed by atoms with Gasteiger partial charge in [-0.15, -0.1) is 0 Å². The molecule has 0 aromatic heterocycles. The first-order valence-electron chi connectivity index (χ1n) is 8.70. The Balaban J connectivity index is 1.94. The van der Waals surface area contributed by atoms with Gasteiger partial charge in [-0.2, -0.15) is 0 Å². The molecule has 1 aliphatic heterocycles. The molecule has 4 aliphatic rings. The minimum Gasteiger partial charge on any atom is -0.380 e. The van der Waals surface area contributed by atoms with E-state index in [1.54, 1.807) is 7.11 Å². The molecule has 3 atom stereocenters. The fourth-order valence-corrected chi connectivity index (χ4v) is 5.77. The highest BCUT2D eigenvalue weighted by molar-refractivity contribution is 5.87. The molecule has 0 radical (unpaired) electrons. The zero-order chi connectivity index (χ0) is 16.5. The van der Waals surface area contributed by atoms with Crippen molar-refractivity contribution >= 4 is 5.91 Å². The van der Waals surface area contributed by atoms with Gasteiger partial charge in [0, 0.05) is 25.5 Å². The molecule has 3 nitrogen and oxygen atoms in total. The molecule has 1 heterocycles. The topological polar surface area (TPSA) is 38.3 Å². The van der Waals surface area contributed by atoms with E-state index >= 15 is 0 Å². The Kier molecular flexibility index (Phi) is 2.79. The average molecular weight is 319 g/mol. The van der Waals surface area contributed by atoms with Crippen LogP contribution in [0.4, 0.5) is 0 Å². The maximum atomic E-state index is 12.9. The summed E-state index contributed by atoms with van der Waals surface area (Å²) >= 11 is 0. The zero-order valence-electron chi connectivity index (χ0n) is 14.0. The molecule has 1 amide bonds. The molecule has 2 aromatic rings. The van der Waals surface area contributed by atoms with Crippen molar-refractivity contribution in [2.75, 3.05) is 13.7 Å². The fraction of sp³-hybridized carbons (Fsp3) is 0.381. The Morgan fingerprint density at radius 1 is 1.08 bits per heavy atom. The molecule has 2 unspecified atom stereocenters. The van der Waals surface area contributed by atoms with Crippen LogP contribution in [0.5, 0.6) is 0 Å². The van der Waals surface area contributed by atoms with Crippen molar-refractivity contribution in [3.05, 3.63) is 70.8 Å². The minimum absolute atomic E-state index is 0.0535. The first-order chi connectivity index (χ1) is 11.7. The van der Waals surface area contributed by atoms with E-state index < -0.39 is 5.41 Å². The third kappa shape index (κ3) is 1.41. The van der Waals surface area contributed by atoms with Crippen molar-refractivity contribution in [2.24, 2.45) is 11.8 Å². The molecule has 0 spiro atoms. The Bertz CT molecular complexity index is 796. The van der Waals surface area contributed by atoms with Gasteiger partial charge in [-0.1, -0.05) is 48.5 Å². The summed E-state index contributed by atoms with van der Waals surface area (Å²) in [7, 11) is 1.76. The Morgan fingerprint density at radius 2 is 1.67 bits per heavy atom. The SMILES string of the molecule is CO[C@@H](C)C12c3ccccc3C(c3ccccc31)C1CNC(=O)C12. The second-order valence-electron chi connectivity index (χ2n) is 7.29. The summed E-state index contributed by atoms with van der Waals surface area (Å²) < 4.78 is 5.90. The van der Waals surface area contributed by atoms with Crippen LogP contribution in [-0.2, 0) is 14.9 Å². The molecule has 3 aliphatic carbocycles. The summed E-state index contributed by atoms with van der Waals surface area (Å²) in [4.78, 5) is 12.9. The van der Waals surface area contributed by atoms with Crippen LogP contribution in [0, 0.1) is 11.8 Å². The van der Waals surface area contributed by atoms with Crippen LogP contribution >= 0.6 is 0 Å². The van der Waals surface area contributed by atoms with E-state index in [0.29, 0.717) is 11.8 Å². The fourth-order valence-electron chi connectivity index (χ4n) is 5.77. The van der Waals surface area contributed by atoms with Crippen LogP contribution < -0.4 is 5.32 Å². The first kappa shape index (κ1) is 14.2. The summed E-state index contributed by atoms with van der Waals surface area (Å²) in [5.74, 6) is 0.729. The lowest BCUT2D eigenvalue weighted by Gasteiger charge is -2.57. The van der Waals surface area contributed by atoms with Gasteiger partial charge in [0.15, 0.2) is 0 Å². The number of methoxy groups -OCH3 is 1. The van der Waals surface area contributed by atoms with Gasteiger partial charge in [0.25, 0.3) is 0 Å². The van der Waals surface area contributed by atoms with E-state index in [-0.39, 0.29) is 17.9 Å². The third-order valence-corrected chi connectivity index (χ3v) is 6.62. The third-order valence-electron chi connectivity index (χ3n) is 6.62. The van der Waals surface area contributed by atoms with Gasteiger partial charge >= 0.3 is 0 Å². The minimum atomic E-state index is -0.401. The molecule has 2 aromatic carbocycles. The molecule has 3 heteroatoms. The Hall–Kier alpha value is -2.13. The first-order valence-corrected chi connectivity index (χ1v) is 8.70. The van der Waals surface area contributed by atoms with Gasteiger partial charge in [0.1, 0.15) is 0 Å².